The van der Waals surface area contributed by atoms with E-state index < -0.39 is 17.9 Å². The van der Waals surface area contributed by atoms with E-state index in [0.717, 1.165) is 118 Å². The van der Waals surface area contributed by atoms with Crippen LogP contribution >= 0.6 is 45.6 Å². The van der Waals surface area contributed by atoms with Crippen molar-refractivity contribution in [3.8, 4) is 50.1 Å². The Bertz CT molecular complexity index is 3610. The fourth-order valence-corrected chi connectivity index (χ4v) is 10.8. The first-order chi connectivity index (χ1) is 37.8. The number of fused-ring (bicyclic) bond motifs is 3. The smallest absolute Gasteiger partial charge is 0.347 e. The molecule has 3 N–H and O–H groups in total. The molecule has 0 radical (unpaired) electrons. The minimum absolute atomic E-state index is 0.0579. The molecule has 4 aromatic carbocycles. The number of aromatic carboxylic acids is 3. The second-order valence-corrected chi connectivity index (χ2v) is 21.2. The molecular formula is C56H45ClN6O12S3. The van der Waals surface area contributed by atoms with Crippen molar-refractivity contribution in [2.75, 3.05) is 0 Å². The summed E-state index contributed by atoms with van der Waals surface area (Å²) in [6, 6.07) is 26.7. The normalized spacial score (nSPS) is 15.8. The maximum absolute atomic E-state index is 11.0. The van der Waals surface area contributed by atoms with Gasteiger partial charge in [-0.3, -0.25) is 9.97 Å². The van der Waals surface area contributed by atoms with Crippen molar-refractivity contribution in [2.24, 2.45) is 0 Å². The second-order valence-electron chi connectivity index (χ2n) is 17.8. The predicted molar refractivity (Wildman–Crippen MR) is 289 cm³/mol. The van der Waals surface area contributed by atoms with Gasteiger partial charge in [0.2, 0.25) is 0 Å². The highest BCUT2D eigenvalue weighted by atomic mass is 35.5. The molecule has 22 heteroatoms. The number of thiazole rings is 3. The lowest BCUT2D eigenvalue weighted by Crippen LogP contribution is -2.17. The van der Waals surface area contributed by atoms with Crippen LogP contribution in [0.5, 0.6) is 50.1 Å². The first-order valence-electron chi connectivity index (χ1n) is 24.2. The Kier molecular flexibility index (Phi) is 16.2. The van der Waals surface area contributed by atoms with Gasteiger partial charge in [-0.2, -0.15) is 0 Å². The van der Waals surface area contributed by atoms with Crippen LogP contribution in [0.15, 0.2) is 128 Å². The molecule has 12 rings (SSSR count). The lowest BCUT2D eigenvalue weighted by Gasteiger charge is -2.28. The third kappa shape index (κ3) is 12.8. The number of halogens is 1. The quantitative estimate of drug-likeness (QED) is 0.0963. The average Bonchev–Trinajstić information content (AvgIpc) is 4.29. The molecule has 78 heavy (non-hydrogen) atoms. The fraction of sp³-hybridized carbons (Fsp3) is 0.196. The molecule has 3 aliphatic rings. The van der Waals surface area contributed by atoms with Crippen molar-refractivity contribution in [2.45, 2.75) is 70.7 Å². The van der Waals surface area contributed by atoms with Gasteiger partial charge < -0.3 is 43.7 Å². The number of carboxylic acid groups (broad SMARTS) is 3. The van der Waals surface area contributed by atoms with Crippen LogP contribution in [0.25, 0.3) is 0 Å². The number of carboxylic acids is 3. The molecule has 9 aromatic rings. The standard InChI is InChI=1S/C21H19NO4S.C18H13ClN2O4S.C17H13N3O4S/c1-12-4-3-5-13(2)19(12)17-8-6-14-10-15(7-9-16(14)26-17)25-21-22-11-18(27-21)20(23)24;19-16-6-2-11(8-20-16)14-4-1-10-7-12(3-5-13(10)25-14)24-18-21-9-15(26-18)17(22)23;21-16(22)15-9-20-17(25-15)23-11-2-4-13-10(7-11)1-3-14(24-13)12-8-18-5-6-19-12/h3-5,7,9-11,17H,6,8H2,1-2H3,(H,23,24);2-3,5-9,14H,1,4H2,(H,22,23);2,4-9,14H,1,3H2,(H,21,22). The molecule has 0 bridgehead atoms. The summed E-state index contributed by atoms with van der Waals surface area (Å²) < 4.78 is 35.4. The number of aromatic nitrogens is 6. The van der Waals surface area contributed by atoms with Gasteiger partial charge in [0.1, 0.15) is 72.6 Å². The van der Waals surface area contributed by atoms with Gasteiger partial charge in [-0.05, 0) is 146 Å². The van der Waals surface area contributed by atoms with Crippen LogP contribution in [0.1, 0.15) is 111 Å². The van der Waals surface area contributed by atoms with Gasteiger partial charge in [-0.15, -0.1) is 0 Å². The Morgan fingerprint density at radius 2 is 0.974 bits per heavy atom. The van der Waals surface area contributed by atoms with Crippen LogP contribution in [0, 0.1) is 13.8 Å². The second kappa shape index (κ2) is 23.8. The molecule has 0 spiro atoms. The van der Waals surface area contributed by atoms with Gasteiger partial charge in [0.25, 0.3) is 15.6 Å². The maximum Gasteiger partial charge on any atom is 0.347 e. The molecule has 0 fully saturated rings. The summed E-state index contributed by atoms with van der Waals surface area (Å²) in [7, 11) is 0. The molecule has 3 atom stereocenters. The molecule has 18 nitrogen and oxygen atoms in total. The number of nitrogens with zero attached hydrogens (tertiary/aromatic N) is 6. The Morgan fingerprint density at radius 1 is 0.526 bits per heavy atom. The Hall–Kier alpha value is -8.50. The summed E-state index contributed by atoms with van der Waals surface area (Å²) in [5.41, 5.74) is 8.74. The van der Waals surface area contributed by atoms with Crippen molar-refractivity contribution in [3.05, 3.63) is 193 Å². The molecule has 0 saturated carbocycles. The number of ether oxygens (including phenoxy) is 6. The number of benzene rings is 4. The van der Waals surface area contributed by atoms with E-state index in [4.69, 9.17) is 55.3 Å². The fourth-order valence-electron chi connectivity index (χ4n) is 8.84. The van der Waals surface area contributed by atoms with Crippen LogP contribution < -0.4 is 28.4 Å². The minimum Gasteiger partial charge on any atom is -0.485 e. The van der Waals surface area contributed by atoms with E-state index in [2.05, 4.69) is 62.0 Å². The number of pyridine rings is 1. The van der Waals surface area contributed by atoms with E-state index in [1.54, 1.807) is 43.0 Å². The molecule has 0 amide bonds. The topological polar surface area (TPSA) is 245 Å². The summed E-state index contributed by atoms with van der Waals surface area (Å²) in [6.07, 6.45) is 15.6. The first kappa shape index (κ1) is 52.9. The van der Waals surface area contributed by atoms with E-state index >= 15 is 0 Å². The lowest BCUT2D eigenvalue weighted by atomic mass is 9.92. The van der Waals surface area contributed by atoms with E-state index in [1.807, 2.05) is 48.5 Å². The summed E-state index contributed by atoms with van der Waals surface area (Å²) >= 11 is 8.82. The van der Waals surface area contributed by atoms with Crippen molar-refractivity contribution in [3.63, 3.8) is 0 Å². The highest BCUT2D eigenvalue weighted by molar-refractivity contribution is 7.15. The van der Waals surface area contributed by atoms with E-state index in [1.165, 1.54) is 35.3 Å². The SMILES string of the molecule is Cc1cccc(C)c1C1CCc2cc(Oc3ncc(C(=O)O)s3)ccc2O1.O=C(O)c1cnc(Oc2ccc3c(c2)CCC(c2ccc(Cl)nc2)O3)s1.O=C(O)c1cnc(Oc2ccc3c(c2)CCC(c2cnccn2)O3)s1. The average molecular weight is 1130 g/mol. The van der Waals surface area contributed by atoms with Crippen molar-refractivity contribution in [1.29, 1.82) is 0 Å². The molecule has 0 saturated heterocycles. The van der Waals surface area contributed by atoms with Gasteiger partial charge in [0, 0.05) is 24.2 Å². The number of carbonyl (C=O) groups is 3. The largest absolute Gasteiger partial charge is 0.485 e. The first-order valence-corrected chi connectivity index (χ1v) is 27.0. The Balaban J connectivity index is 0.000000132. The van der Waals surface area contributed by atoms with E-state index in [0.29, 0.717) is 38.0 Å². The highest BCUT2D eigenvalue weighted by Gasteiger charge is 2.27. The van der Waals surface area contributed by atoms with Crippen molar-refractivity contribution in [1.82, 2.24) is 29.9 Å². The number of aryl methyl sites for hydroxylation is 5. The van der Waals surface area contributed by atoms with Crippen LogP contribution in [0.2, 0.25) is 5.15 Å². The molecule has 396 valence electrons. The molecular weight excluding hydrogens is 1080 g/mol. The van der Waals surface area contributed by atoms with Gasteiger partial charge in [-0.25, -0.2) is 34.3 Å². The molecule has 5 aromatic heterocycles. The third-order valence-corrected chi connectivity index (χ3v) is 15.3. The van der Waals surface area contributed by atoms with Crippen LogP contribution in [-0.2, 0) is 19.3 Å². The predicted octanol–water partition coefficient (Wildman–Crippen LogP) is 13.6. The van der Waals surface area contributed by atoms with E-state index in [9.17, 15) is 14.4 Å². The van der Waals surface area contributed by atoms with Gasteiger partial charge >= 0.3 is 17.9 Å². The van der Waals surface area contributed by atoms with E-state index in [-0.39, 0.29) is 32.9 Å². The number of rotatable bonds is 12. The highest BCUT2D eigenvalue weighted by Crippen LogP contribution is 2.42. The molecule has 8 heterocycles. The maximum atomic E-state index is 11.0. The minimum atomic E-state index is -1.01. The van der Waals surface area contributed by atoms with Crippen LogP contribution in [-0.4, -0.2) is 63.1 Å². The van der Waals surface area contributed by atoms with Crippen molar-refractivity contribution < 1.29 is 58.1 Å². The lowest BCUT2D eigenvalue weighted by molar-refractivity contribution is 0.0691. The van der Waals surface area contributed by atoms with Gasteiger partial charge in [0.05, 0.1) is 30.5 Å². The summed E-state index contributed by atoms with van der Waals surface area (Å²) in [4.78, 5) is 57.6. The zero-order valence-electron chi connectivity index (χ0n) is 41.4. The number of hydrogen-bond donors (Lipinski definition) is 3. The Morgan fingerprint density at radius 3 is 1.40 bits per heavy atom. The molecule has 3 unspecified atom stereocenters. The summed E-state index contributed by atoms with van der Waals surface area (Å²) in [6.45, 7) is 4.25. The zero-order valence-corrected chi connectivity index (χ0v) is 44.6. The number of hydrogen-bond acceptors (Lipinski definition) is 18. The van der Waals surface area contributed by atoms with Crippen LogP contribution in [0.3, 0.4) is 0 Å². The zero-order chi connectivity index (χ0) is 54.3. The van der Waals surface area contributed by atoms with Gasteiger partial charge in [-0.1, -0.05) is 69.9 Å². The monoisotopic (exact) mass is 1120 g/mol. The summed E-state index contributed by atoms with van der Waals surface area (Å²) in [5, 5.41) is 28.2. The molecule has 3 aliphatic heterocycles. The van der Waals surface area contributed by atoms with Crippen LogP contribution in [0.4, 0.5) is 0 Å². The summed E-state index contributed by atoms with van der Waals surface area (Å²) in [5.74, 6) is 1.27. The Labute approximate surface area is 462 Å². The third-order valence-electron chi connectivity index (χ3n) is 12.5. The van der Waals surface area contributed by atoms with Gasteiger partial charge in [0.15, 0.2) is 0 Å². The van der Waals surface area contributed by atoms with Crippen molar-refractivity contribution >= 4 is 63.5 Å². The molecule has 0 aliphatic carbocycles.